The van der Waals surface area contributed by atoms with Crippen LogP contribution in [0.5, 0.6) is 0 Å². The van der Waals surface area contributed by atoms with Gasteiger partial charge in [-0.3, -0.25) is 0 Å². The third-order valence-electron chi connectivity index (χ3n) is 1.44. The van der Waals surface area contributed by atoms with Gasteiger partial charge >= 0.3 is 0 Å². The summed E-state index contributed by atoms with van der Waals surface area (Å²) < 4.78 is 0. The third-order valence-corrected chi connectivity index (χ3v) is 1.44. The lowest BCUT2D eigenvalue weighted by Gasteiger charge is -2.03. The van der Waals surface area contributed by atoms with E-state index < -0.39 is 0 Å². The van der Waals surface area contributed by atoms with Crippen LogP contribution in [-0.4, -0.2) is 0 Å². The first-order chi connectivity index (χ1) is 5.07. The number of hydrogen-bond acceptors (Lipinski definition) is 1. The zero-order chi connectivity index (χ0) is 8.85. The van der Waals surface area contributed by atoms with Crippen molar-refractivity contribution in [2.75, 3.05) is 0 Å². The Morgan fingerprint density at radius 1 is 1.36 bits per heavy atom. The smallest absolute Gasteiger partial charge is 0.00489 e. The average Bonchev–Trinajstić information content (AvgIpc) is 1.87. The minimum Gasteiger partial charge on any atom is -0.402 e. The van der Waals surface area contributed by atoms with Crippen LogP contribution in [0.1, 0.15) is 20.8 Å². The Morgan fingerprint density at radius 2 is 1.91 bits per heavy atom. The number of nitrogens with two attached hydrogens (primary N) is 1. The molecule has 0 fully saturated rings. The van der Waals surface area contributed by atoms with Crippen molar-refractivity contribution in [1.82, 2.24) is 0 Å². The molecule has 0 aromatic rings. The first-order valence-corrected chi connectivity index (χ1v) is 3.84. The molecule has 0 aromatic carbocycles. The topological polar surface area (TPSA) is 26.0 Å². The minimum atomic E-state index is 0.517. The van der Waals surface area contributed by atoms with E-state index in [4.69, 9.17) is 5.73 Å². The lowest BCUT2D eigenvalue weighted by molar-refractivity contribution is 0.792. The Kier molecular flexibility index (Phi) is 4.35. The van der Waals surface area contributed by atoms with Crippen LogP contribution in [-0.2, 0) is 0 Å². The summed E-state index contributed by atoms with van der Waals surface area (Å²) in [5, 5.41) is 0. The van der Waals surface area contributed by atoms with Crippen molar-refractivity contribution in [3.63, 3.8) is 0 Å². The monoisotopic (exact) mass is 151 g/mol. The molecule has 0 aliphatic carbocycles. The Balaban J connectivity index is 4.36. The summed E-state index contributed by atoms with van der Waals surface area (Å²) in [5.74, 6) is 0.517. The van der Waals surface area contributed by atoms with Gasteiger partial charge in [-0.1, -0.05) is 32.6 Å². The van der Waals surface area contributed by atoms with Gasteiger partial charge in [0.25, 0.3) is 0 Å². The molecule has 0 aromatic heterocycles. The van der Waals surface area contributed by atoms with E-state index in [0.29, 0.717) is 5.92 Å². The Hall–Kier alpha value is -0.980. The molecule has 62 valence electrons. The highest BCUT2D eigenvalue weighted by Gasteiger charge is 1.94. The molecular weight excluding hydrogens is 134 g/mol. The van der Waals surface area contributed by atoms with Gasteiger partial charge in [0, 0.05) is 5.70 Å². The van der Waals surface area contributed by atoms with E-state index in [1.807, 2.05) is 25.2 Å². The van der Waals surface area contributed by atoms with Crippen molar-refractivity contribution in [1.29, 1.82) is 0 Å². The molecule has 0 aliphatic heterocycles. The van der Waals surface area contributed by atoms with E-state index in [-0.39, 0.29) is 0 Å². The van der Waals surface area contributed by atoms with E-state index in [2.05, 4.69) is 20.4 Å². The zero-order valence-corrected chi connectivity index (χ0v) is 7.59. The fourth-order valence-corrected chi connectivity index (χ4v) is 0.724. The summed E-state index contributed by atoms with van der Waals surface area (Å²) in [6, 6.07) is 0. The molecule has 0 amide bonds. The van der Waals surface area contributed by atoms with Gasteiger partial charge in [0.05, 0.1) is 0 Å². The quantitative estimate of drug-likeness (QED) is 0.616. The predicted molar refractivity (Wildman–Crippen MR) is 51.1 cm³/mol. The molecule has 11 heavy (non-hydrogen) atoms. The van der Waals surface area contributed by atoms with Crippen molar-refractivity contribution in [3.05, 3.63) is 36.1 Å². The predicted octanol–water partition coefficient (Wildman–Crippen LogP) is 2.62. The van der Waals surface area contributed by atoms with Crippen LogP contribution >= 0.6 is 0 Å². The molecule has 0 unspecified atom stereocenters. The van der Waals surface area contributed by atoms with Crippen molar-refractivity contribution >= 4 is 0 Å². The SMILES string of the molecule is C=C/C(=C\C=C(\C)N)C(C)C. The van der Waals surface area contributed by atoms with Crippen LogP contribution in [0.3, 0.4) is 0 Å². The summed E-state index contributed by atoms with van der Waals surface area (Å²) in [7, 11) is 0. The van der Waals surface area contributed by atoms with Crippen molar-refractivity contribution in [3.8, 4) is 0 Å². The van der Waals surface area contributed by atoms with Crippen molar-refractivity contribution < 1.29 is 0 Å². The van der Waals surface area contributed by atoms with Crippen LogP contribution in [0, 0.1) is 5.92 Å². The van der Waals surface area contributed by atoms with E-state index in [1.165, 1.54) is 5.57 Å². The fourth-order valence-electron chi connectivity index (χ4n) is 0.724. The number of rotatable bonds is 3. The van der Waals surface area contributed by atoms with Gasteiger partial charge in [0.2, 0.25) is 0 Å². The second kappa shape index (κ2) is 4.78. The molecule has 0 saturated heterocycles. The average molecular weight is 151 g/mol. The first-order valence-electron chi connectivity index (χ1n) is 3.84. The van der Waals surface area contributed by atoms with Gasteiger partial charge in [0.1, 0.15) is 0 Å². The Labute approximate surface area is 69.3 Å². The minimum absolute atomic E-state index is 0.517. The van der Waals surface area contributed by atoms with E-state index in [9.17, 15) is 0 Å². The van der Waals surface area contributed by atoms with Crippen LogP contribution in [0.2, 0.25) is 0 Å². The molecule has 1 nitrogen and oxygen atoms in total. The molecule has 0 aliphatic rings. The van der Waals surface area contributed by atoms with E-state index >= 15 is 0 Å². The van der Waals surface area contributed by atoms with Crippen LogP contribution in [0.25, 0.3) is 0 Å². The van der Waals surface area contributed by atoms with E-state index in [0.717, 1.165) is 5.70 Å². The van der Waals surface area contributed by atoms with Gasteiger partial charge < -0.3 is 5.73 Å². The molecule has 0 rings (SSSR count). The molecule has 0 spiro atoms. The highest BCUT2D eigenvalue weighted by Crippen LogP contribution is 2.09. The molecular formula is C10H17N. The molecule has 2 N–H and O–H groups in total. The van der Waals surface area contributed by atoms with Crippen LogP contribution in [0.4, 0.5) is 0 Å². The maximum atomic E-state index is 5.48. The van der Waals surface area contributed by atoms with Crippen molar-refractivity contribution in [2.45, 2.75) is 20.8 Å². The van der Waals surface area contributed by atoms with Crippen LogP contribution in [0.15, 0.2) is 36.1 Å². The summed E-state index contributed by atoms with van der Waals surface area (Å²) in [6.45, 7) is 9.86. The molecule has 0 saturated carbocycles. The molecule has 0 bridgehead atoms. The van der Waals surface area contributed by atoms with Gasteiger partial charge in [-0.15, -0.1) is 0 Å². The fraction of sp³-hybridized carbons (Fsp3) is 0.400. The number of hydrogen-bond donors (Lipinski definition) is 1. The first kappa shape index (κ1) is 10.0. The van der Waals surface area contributed by atoms with Crippen molar-refractivity contribution in [2.24, 2.45) is 11.7 Å². The molecule has 0 radical (unpaired) electrons. The maximum absolute atomic E-state index is 5.48. The lowest BCUT2D eigenvalue weighted by Crippen LogP contribution is -1.91. The highest BCUT2D eigenvalue weighted by atomic mass is 14.5. The lowest BCUT2D eigenvalue weighted by atomic mass is 10.0. The normalized spacial score (nSPS) is 13.8. The van der Waals surface area contributed by atoms with Gasteiger partial charge in [0.15, 0.2) is 0 Å². The van der Waals surface area contributed by atoms with E-state index in [1.54, 1.807) is 0 Å². The standard InChI is InChI=1S/C10H17N/c1-5-10(8(2)3)7-6-9(4)11/h5-8H,1,11H2,2-4H3/b9-6-,10-7+. The maximum Gasteiger partial charge on any atom is 0.00489 e. The molecule has 0 heterocycles. The largest absolute Gasteiger partial charge is 0.402 e. The third kappa shape index (κ3) is 4.43. The van der Waals surface area contributed by atoms with Gasteiger partial charge in [-0.2, -0.15) is 0 Å². The Bertz CT molecular complexity index is 181. The summed E-state index contributed by atoms with van der Waals surface area (Å²) in [5.41, 5.74) is 7.52. The van der Waals surface area contributed by atoms with Gasteiger partial charge in [-0.05, 0) is 24.5 Å². The van der Waals surface area contributed by atoms with Gasteiger partial charge in [-0.25, -0.2) is 0 Å². The molecule has 1 heteroatoms. The Morgan fingerprint density at radius 3 is 2.18 bits per heavy atom. The highest BCUT2D eigenvalue weighted by molar-refractivity contribution is 5.24. The second-order valence-electron chi connectivity index (χ2n) is 2.94. The molecule has 0 atom stereocenters. The summed E-state index contributed by atoms with van der Waals surface area (Å²) >= 11 is 0. The zero-order valence-electron chi connectivity index (χ0n) is 7.59. The summed E-state index contributed by atoms with van der Waals surface area (Å²) in [4.78, 5) is 0. The summed E-state index contributed by atoms with van der Waals surface area (Å²) in [6.07, 6.45) is 5.77. The number of allylic oxidation sites excluding steroid dienone is 5. The second-order valence-corrected chi connectivity index (χ2v) is 2.94. The van der Waals surface area contributed by atoms with Crippen LogP contribution < -0.4 is 5.73 Å².